The number of halogens is 1. The fraction of sp³-hybridized carbons (Fsp3) is 0.348. The number of para-hydroxylation sites is 1. The Morgan fingerprint density at radius 1 is 1.03 bits per heavy atom. The minimum absolute atomic E-state index is 0. The smallest absolute Gasteiger partial charge is 0.254 e. The number of aryl methyl sites for hydroxylation is 2. The van der Waals surface area contributed by atoms with E-state index in [1.807, 2.05) is 20.0 Å². The maximum Gasteiger partial charge on any atom is 0.254 e. The second-order valence-electron chi connectivity index (χ2n) is 7.74. The van der Waals surface area contributed by atoms with Crippen LogP contribution in [0.5, 0.6) is 5.88 Å². The average Bonchev–Trinajstić information content (AvgIpc) is 3.09. The molecule has 2 aromatic heterocycles. The maximum absolute atomic E-state index is 9.73. The number of aromatic nitrogens is 4. The lowest BCUT2D eigenvalue weighted by molar-refractivity contribution is 0.284. The van der Waals surface area contributed by atoms with Crippen LogP contribution in [0.15, 0.2) is 42.6 Å². The highest BCUT2D eigenvalue weighted by Gasteiger charge is 2.17. The lowest BCUT2D eigenvalue weighted by atomic mass is 10.1. The molecule has 0 radical (unpaired) electrons. The first kappa shape index (κ1) is 22.8. The van der Waals surface area contributed by atoms with Crippen molar-refractivity contribution in [2.75, 3.05) is 37.6 Å². The molecule has 0 amide bonds. The van der Waals surface area contributed by atoms with Gasteiger partial charge in [0.25, 0.3) is 5.95 Å². The minimum Gasteiger partial charge on any atom is -0.493 e. The Balaban J connectivity index is 0.00000272. The SMILES string of the molecule is Cc1cc(O)nc(-n2ncc(/C=C/CN3CCN(c4ccccc4C)CC3)c2C)n1.Cl. The van der Waals surface area contributed by atoms with Crippen LogP contribution < -0.4 is 4.90 Å². The van der Waals surface area contributed by atoms with Gasteiger partial charge in [0.2, 0.25) is 5.88 Å². The number of piperazine rings is 1. The molecule has 164 valence electrons. The Kier molecular flexibility index (Phi) is 7.30. The zero-order valence-electron chi connectivity index (χ0n) is 18.2. The molecule has 0 unspecified atom stereocenters. The third-order valence-corrected chi connectivity index (χ3v) is 5.56. The van der Waals surface area contributed by atoms with E-state index in [0.717, 1.165) is 44.0 Å². The topological polar surface area (TPSA) is 70.3 Å². The van der Waals surface area contributed by atoms with Gasteiger partial charge >= 0.3 is 0 Å². The van der Waals surface area contributed by atoms with Crippen LogP contribution in [0, 0.1) is 20.8 Å². The fourth-order valence-electron chi connectivity index (χ4n) is 3.84. The van der Waals surface area contributed by atoms with Gasteiger partial charge in [-0.05, 0) is 32.4 Å². The van der Waals surface area contributed by atoms with Gasteiger partial charge < -0.3 is 10.0 Å². The largest absolute Gasteiger partial charge is 0.493 e. The van der Waals surface area contributed by atoms with Crippen LogP contribution in [-0.2, 0) is 0 Å². The van der Waals surface area contributed by atoms with Gasteiger partial charge in [-0.3, -0.25) is 4.90 Å². The number of hydrogen-bond acceptors (Lipinski definition) is 6. The second kappa shape index (κ2) is 9.94. The summed E-state index contributed by atoms with van der Waals surface area (Å²) in [5.41, 5.74) is 5.36. The molecule has 0 saturated carbocycles. The average molecular weight is 441 g/mol. The van der Waals surface area contributed by atoms with Crippen molar-refractivity contribution in [2.24, 2.45) is 0 Å². The Morgan fingerprint density at radius 3 is 2.48 bits per heavy atom. The molecule has 0 spiro atoms. The van der Waals surface area contributed by atoms with Crippen molar-refractivity contribution in [1.82, 2.24) is 24.6 Å². The molecule has 3 heterocycles. The highest BCUT2D eigenvalue weighted by molar-refractivity contribution is 5.85. The minimum atomic E-state index is -0.0469. The quantitative estimate of drug-likeness (QED) is 0.654. The van der Waals surface area contributed by atoms with Crippen molar-refractivity contribution < 1.29 is 5.11 Å². The Hall–Kier alpha value is -2.90. The van der Waals surface area contributed by atoms with Crippen LogP contribution >= 0.6 is 12.4 Å². The molecule has 3 aromatic rings. The first-order valence-corrected chi connectivity index (χ1v) is 10.3. The molecular weight excluding hydrogens is 412 g/mol. The van der Waals surface area contributed by atoms with E-state index in [1.54, 1.807) is 4.68 Å². The third-order valence-electron chi connectivity index (χ3n) is 5.56. The van der Waals surface area contributed by atoms with Gasteiger partial charge in [0, 0.05) is 55.7 Å². The lowest BCUT2D eigenvalue weighted by Crippen LogP contribution is -2.46. The summed E-state index contributed by atoms with van der Waals surface area (Å²) in [6.45, 7) is 11.1. The monoisotopic (exact) mass is 440 g/mol. The number of aromatic hydroxyl groups is 1. The van der Waals surface area contributed by atoms with Crippen LogP contribution in [0.2, 0.25) is 0 Å². The first-order chi connectivity index (χ1) is 14.5. The van der Waals surface area contributed by atoms with Crippen LogP contribution in [0.3, 0.4) is 0 Å². The summed E-state index contributed by atoms with van der Waals surface area (Å²) in [5, 5.41) is 14.1. The van der Waals surface area contributed by atoms with Gasteiger partial charge in [0.15, 0.2) is 0 Å². The molecule has 8 heteroatoms. The van der Waals surface area contributed by atoms with Gasteiger partial charge in [-0.25, -0.2) is 9.67 Å². The fourth-order valence-corrected chi connectivity index (χ4v) is 3.84. The maximum atomic E-state index is 9.73. The van der Waals surface area contributed by atoms with Gasteiger partial charge in [0.05, 0.1) is 11.9 Å². The summed E-state index contributed by atoms with van der Waals surface area (Å²) in [5.74, 6) is 0.339. The predicted octanol–water partition coefficient (Wildman–Crippen LogP) is 3.55. The molecule has 4 rings (SSSR count). The summed E-state index contributed by atoms with van der Waals surface area (Å²) < 4.78 is 1.66. The molecule has 0 bridgehead atoms. The Labute approximate surface area is 189 Å². The van der Waals surface area contributed by atoms with Crippen LogP contribution in [0.25, 0.3) is 12.0 Å². The van der Waals surface area contributed by atoms with Crippen molar-refractivity contribution in [3.8, 4) is 11.8 Å². The van der Waals surface area contributed by atoms with E-state index in [1.165, 1.54) is 17.3 Å². The highest BCUT2D eigenvalue weighted by atomic mass is 35.5. The van der Waals surface area contributed by atoms with Gasteiger partial charge in [0.1, 0.15) is 0 Å². The molecule has 1 N–H and O–H groups in total. The van der Waals surface area contributed by atoms with Gasteiger partial charge in [-0.2, -0.15) is 10.1 Å². The van der Waals surface area contributed by atoms with Crippen LogP contribution in [0.4, 0.5) is 5.69 Å². The molecule has 1 fully saturated rings. The molecule has 1 aliphatic rings. The van der Waals surface area contributed by atoms with Crippen LogP contribution in [0.1, 0.15) is 22.5 Å². The van der Waals surface area contributed by atoms with Crippen molar-refractivity contribution in [2.45, 2.75) is 20.8 Å². The molecule has 1 aromatic carbocycles. The van der Waals surface area contributed by atoms with Crippen molar-refractivity contribution >= 4 is 24.2 Å². The molecule has 0 aliphatic carbocycles. The second-order valence-corrected chi connectivity index (χ2v) is 7.74. The van der Waals surface area contributed by atoms with E-state index in [9.17, 15) is 5.11 Å². The van der Waals surface area contributed by atoms with E-state index in [-0.39, 0.29) is 18.3 Å². The zero-order valence-corrected chi connectivity index (χ0v) is 19.0. The summed E-state index contributed by atoms with van der Waals surface area (Å²) in [6, 6.07) is 10.1. The Bertz CT molecular complexity index is 1040. The molecule has 1 aliphatic heterocycles. The van der Waals surface area contributed by atoms with E-state index in [0.29, 0.717) is 11.6 Å². The van der Waals surface area contributed by atoms with E-state index in [2.05, 4.69) is 68.2 Å². The lowest BCUT2D eigenvalue weighted by Gasteiger charge is -2.36. The summed E-state index contributed by atoms with van der Waals surface area (Å²) in [6.07, 6.45) is 6.10. The Morgan fingerprint density at radius 2 is 1.77 bits per heavy atom. The number of anilines is 1. The van der Waals surface area contributed by atoms with Gasteiger partial charge in [-0.15, -0.1) is 12.4 Å². The van der Waals surface area contributed by atoms with Gasteiger partial charge in [-0.1, -0.05) is 30.4 Å². The zero-order chi connectivity index (χ0) is 21.1. The summed E-state index contributed by atoms with van der Waals surface area (Å²) in [4.78, 5) is 13.4. The summed E-state index contributed by atoms with van der Waals surface area (Å²) in [7, 11) is 0. The summed E-state index contributed by atoms with van der Waals surface area (Å²) >= 11 is 0. The number of hydrogen-bond donors (Lipinski definition) is 1. The van der Waals surface area contributed by atoms with Crippen molar-refractivity contribution in [3.63, 3.8) is 0 Å². The standard InChI is InChI=1S/C23H28N6O.ClH/c1-17-7-4-5-9-21(17)28-13-11-27(12-14-28)10-6-8-20-16-24-29(19(20)3)23-25-18(2)15-22(30)26-23;/h4-9,15-16H,10-14H2,1-3H3,(H,25,26,30);1H/b8-6+;. The van der Waals surface area contributed by atoms with E-state index < -0.39 is 0 Å². The molecule has 31 heavy (non-hydrogen) atoms. The van der Waals surface area contributed by atoms with Crippen molar-refractivity contribution in [3.05, 3.63) is 65.1 Å². The van der Waals surface area contributed by atoms with E-state index >= 15 is 0 Å². The molecule has 7 nitrogen and oxygen atoms in total. The van der Waals surface area contributed by atoms with Crippen LogP contribution in [-0.4, -0.2) is 62.5 Å². The normalized spacial score (nSPS) is 14.7. The number of nitrogens with zero attached hydrogens (tertiary/aromatic N) is 6. The highest BCUT2D eigenvalue weighted by Crippen LogP contribution is 2.21. The number of benzene rings is 1. The first-order valence-electron chi connectivity index (χ1n) is 10.3. The predicted molar refractivity (Wildman–Crippen MR) is 126 cm³/mol. The van der Waals surface area contributed by atoms with E-state index in [4.69, 9.17) is 0 Å². The van der Waals surface area contributed by atoms with Crippen molar-refractivity contribution in [1.29, 1.82) is 0 Å². The third kappa shape index (κ3) is 5.24. The molecular formula is C23H29ClN6O. The molecule has 1 saturated heterocycles. The number of rotatable bonds is 5. The molecule has 0 atom stereocenters.